The molecule has 94 valence electrons. The number of carbonyl (C=O) groups is 1. The number of rotatable bonds is 7. The van der Waals surface area contributed by atoms with Gasteiger partial charge in [0.05, 0.1) is 0 Å². The maximum Gasteiger partial charge on any atom is 0.269 e. The summed E-state index contributed by atoms with van der Waals surface area (Å²) in [5, 5.41) is 6.02. The largest absolute Gasteiger partial charge is 0.385 e. The summed E-state index contributed by atoms with van der Waals surface area (Å²) < 4.78 is 0. The van der Waals surface area contributed by atoms with E-state index in [9.17, 15) is 4.79 Å². The van der Waals surface area contributed by atoms with Crippen molar-refractivity contribution in [1.29, 1.82) is 0 Å². The van der Waals surface area contributed by atoms with E-state index < -0.39 is 0 Å². The second-order valence-electron chi connectivity index (χ2n) is 3.56. The van der Waals surface area contributed by atoms with Gasteiger partial charge in [0.1, 0.15) is 5.69 Å². The second-order valence-corrected chi connectivity index (χ2v) is 4.55. The van der Waals surface area contributed by atoms with Crippen LogP contribution in [0.2, 0.25) is 0 Å². The molecule has 4 nitrogen and oxygen atoms in total. The zero-order valence-corrected chi connectivity index (χ0v) is 11.1. The van der Waals surface area contributed by atoms with Crippen molar-refractivity contribution < 1.29 is 4.79 Å². The molecular formula is C12H19N3OS. The number of aromatic nitrogens is 1. The molecule has 1 rings (SSSR count). The molecule has 1 aromatic heterocycles. The highest BCUT2D eigenvalue weighted by atomic mass is 32.2. The number of nitrogens with one attached hydrogen (secondary N) is 2. The molecule has 1 amide bonds. The first-order valence-corrected chi connectivity index (χ1v) is 7.14. The number of amides is 1. The average molecular weight is 253 g/mol. The van der Waals surface area contributed by atoms with Gasteiger partial charge in [-0.15, -0.1) is 0 Å². The van der Waals surface area contributed by atoms with Crippen LogP contribution in [0.25, 0.3) is 0 Å². The Hall–Kier alpha value is -1.23. The first-order valence-electron chi connectivity index (χ1n) is 5.75. The Bertz CT molecular complexity index is 357. The number of hydrogen-bond donors (Lipinski definition) is 2. The fourth-order valence-electron chi connectivity index (χ4n) is 1.37. The lowest BCUT2D eigenvalue weighted by Gasteiger charge is -2.07. The number of thioether (sulfide) groups is 1. The highest BCUT2D eigenvalue weighted by Gasteiger charge is 2.05. The Kier molecular flexibility index (Phi) is 6.47. The van der Waals surface area contributed by atoms with Crippen molar-refractivity contribution >= 4 is 23.4 Å². The fourth-order valence-corrected chi connectivity index (χ4v) is 1.80. The Morgan fingerprint density at radius 2 is 2.35 bits per heavy atom. The molecule has 0 aliphatic heterocycles. The minimum atomic E-state index is -0.125. The van der Waals surface area contributed by atoms with E-state index in [2.05, 4.69) is 21.9 Å². The average Bonchev–Trinajstić information content (AvgIpc) is 2.35. The van der Waals surface area contributed by atoms with Crippen LogP contribution in [0.3, 0.4) is 0 Å². The number of carbonyl (C=O) groups excluding carboxylic acids is 1. The summed E-state index contributed by atoms with van der Waals surface area (Å²) in [6, 6.07) is 3.66. The van der Waals surface area contributed by atoms with Gasteiger partial charge >= 0.3 is 0 Å². The van der Waals surface area contributed by atoms with Crippen LogP contribution >= 0.6 is 11.8 Å². The van der Waals surface area contributed by atoms with Gasteiger partial charge in [0.15, 0.2) is 0 Å². The van der Waals surface area contributed by atoms with Gasteiger partial charge in [-0.25, -0.2) is 0 Å². The standard InChI is InChI=1S/C12H19N3OS/c1-3-13-12(16)11-9-10(5-7-15-11)14-6-4-8-17-2/h5,7,9H,3-4,6,8H2,1-2H3,(H,13,16)(H,14,15). The third-order valence-electron chi connectivity index (χ3n) is 2.18. The van der Waals surface area contributed by atoms with Gasteiger partial charge < -0.3 is 10.6 Å². The SMILES string of the molecule is CCNC(=O)c1cc(NCCCSC)ccn1. The van der Waals surface area contributed by atoms with Crippen molar-refractivity contribution in [2.75, 3.05) is 30.4 Å². The third-order valence-corrected chi connectivity index (χ3v) is 2.88. The Balaban J connectivity index is 2.50. The lowest BCUT2D eigenvalue weighted by molar-refractivity contribution is 0.0951. The van der Waals surface area contributed by atoms with Gasteiger partial charge in [0.25, 0.3) is 5.91 Å². The molecule has 2 N–H and O–H groups in total. The summed E-state index contributed by atoms with van der Waals surface area (Å²) in [5.41, 5.74) is 1.41. The van der Waals surface area contributed by atoms with Gasteiger partial charge in [-0.05, 0) is 37.5 Å². The number of hydrogen-bond acceptors (Lipinski definition) is 4. The van der Waals surface area contributed by atoms with Crippen LogP contribution < -0.4 is 10.6 Å². The molecule has 0 aliphatic carbocycles. The molecule has 1 heterocycles. The van der Waals surface area contributed by atoms with Crippen molar-refractivity contribution in [1.82, 2.24) is 10.3 Å². The van der Waals surface area contributed by atoms with Gasteiger partial charge in [-0.1, -0.05) is 0 Å². The van der Waals surface area contributed by atoms with Crippen LogP contribution in [-0.4, -0.2) is 36.0 Å². The van der Waals surface area contributed by atoms with E-state index in [0.717, 1.165) is 24.4 Å². The quantitative estimate of drug-likeness (QED) is 0.730. The predicted octanol–water partition coefficient (Wildman–Crippen LogP) is 2.00. The summed E-state index contributed by atoms with van der Waals surface area (Å²) >= 11 is 1.83. The lowest BCUT2D eigenvalue weighted by Crippen LogP contribution is -2.23. The zero-order chi connectivity index (χ0) is 12.5. The molecular weight excluding hydrogens is 234 g/mol. The molecule has 0 saturated carbocycles. The smallest absolute Gasteiger partial charge is 0.269 e. The van der Waals surface area contributed by atoms with E-state index in [4.69, 9.17) is 0 Å². The maximum atomic E-state index is 11.6. The fraction of sp³-hybridized carbons (Fsp3) is 0.500. The molecule has 5 heteroatoms. The normalized spacial score (nSPS) is 10.0. The Morgan fingerprint density at radius 3 is 3.06 bits per heavy atom. The molecule has 0 unspecified atom stereocenters. The van der Waals surface area contributed by atoms with Crippen LogP contribution in [0.4, 0.5) is 5.69 Å². The van der Waals surface area contributed by atoms with Gasteiger partial charge in [0, 0.05) is 25.0 Å². The maximum absolute atomic E-state index is 11.6. The minimum absolute atomic E-state index is 0.125. The molecule has 1 aromatic rings. The first kappa shape index (κ1) is 13.8. The molecule has 0 aliphatic rings. The van der Waals surface area contributed by atoms with E-state index in [1.54, 1.807) is 12.3 Å². The predicted molar refractivity (Wildman–Crippen MR) is 73.7 cm³/mol. The van der Waals surface area contributed by atoms with E-state index in [-0.39, 0.29) is 5.91 Å². The Labute approximate surface area is 107 Å². The molecule has 0 aromatic carbocycles. The lowest BCUT2D eigenvalue weighted by atomic mass is 10.3. The van der Waals surface area contributed by atoms with Crippen LogP contribution in [0.5, 0.6) is 0 Å². The molecule has 17 heavy (non-hydrogen) atoms. The van der Waals surface area contributed by atoms with Crippen LogP contribution in [0.1, 0.15) is 23.8 Å². The molecule has 0 fully saturated rings. The van der Waals surface area contributed by atoms with Crippen LogP contribution in [-0.2, 0) is 0 Å². The molecule has 0 bridgehead atoms. The second kappa shape index (κ2) is 7.95. The minimum Gasteiger partial charge on any atom is -0.385 e. The zero-order valence-electron chi connectivity index (χ0n) is 10.3. The van der Waals surface area contributed by atoms with E-state index in [1.807, 2.05) is 24.8 Å². The molecule has 0 radical (unpaired) electrons. The van der Waals surface area contributed by atoms with Crippen molar-refractivity contribution in [3.8, 4) is 0 Å². The molecule has 0 atom stereocenters. The van der Waals surface area contributed by atoms with Crippen LogP contribution in [0.15, 0.2) is 18.3 Å². The van der Waals surface area contributed by atoms with E-state index >= 15 is 0 Å². The van der Waals surface area contributed by atoms with Gasteiger partial charge in [-0.2, -0.15) is 11.8 Å². The highest BCUT2D eigenvalue weighted by molar-refractivity contribution is 7.98. The first-order chi connectivity index (χ1) is 8.27. The summed E-state index contributed by atoms with van der Waals surface area (Å²) in [5.74, 6) is 1.02. The monoisotopic (exact) mass is 253 g/mol. The van der Waals surface area contributed by atoms with Crippen LogP contribution in [0, 0.1) is 0 Å². The Morgan fingerprint density at radius 1 is 1.53 bits per heavy atom. The van der Waals surface area contributed by atoms with E-state index in [1.165, 1.54) is 0 Å². The number of nitrogens with zero attached hydrogens (tertiary/aromatic N) is 1. The number of anilines is 1. The van der Waals surface area contributed by atoms with Gasteiger partial charge in [-0.3, -0.25) is 9.78 Å². The summed E-state index contributed by atoms with van der Waals surface area (Å²) in [4.78, 5) is 15.6. The highest BCUT2D eigenvalue weighted by Crippen LogP contribution is 2.08. The van der Waals surface area contributed by atoms with Crippen molar-refractivity contribution in [2.45, 2.75) is 13.3 Å². The number of pyridine rings is 1. The summed E-state index contributed by atoms with van der Waals surface area (Å²) in [6.45, 7) is 3.42. The summed E-state index contributed by atoms with van der Waals surface area (Å²) in [6.07, 6.45) is 4.86. The van der Waals surface area contributed by atoms with E-state index in [0.29, 0.717) is 12.2 Å². The third kappa shape index (κ3) is 5.08. The van der Waals surface area contributed by atoms with Gasteiger partial charge in [0.2, 0.25) is 0 Å². The molecule has 0 spiro atoms. The summed E-state index contributed by atoms with van der Waals surface area (Å²) in [7, 11) is 0. The van der Waals surface area contributed by atoms with Crippen molar-refractivity contribution in [3.63, 3.8) is 0 Å². The topological polar surface area (TPSA) is 54.0 Å². The van der Waals surface area contributed by atoms with Crippen molar-refractivity contribution in [2.24, 2.45) is 0 Å². The van der Waals surface area contributed by atoms with Crippen molar-refractivity contribution in [3.05, 3.63) is 24.0 Å². The molecule has 0 saturated heterocycles.